The molecule has 1 saturated heterocycles. The van der Waals surface area contributed by atoms with Gasteiger partial charge in [-0.25, -0.2) is 0 Å². The SMILES string of the molecule is CC1CCC(Cc2c(Br)cnn2CCN(C)C)CN1. The van der Waals surface area contributed by atoms with Gasteiger partial charge in [0.1, 0.15) is 0 Å². The molecule has 0 spiro atoms. The Balaban J connectivity index is 1.96. The fourth-order valence-electron chi connectivity index (χ4n) is 2.58. The maximum absolute atomic E-state index is 4.49. The van der Waals surface area contributed by atoms with E-state index in [0.29, 0.717) is 6.04 Å². The second-order valence-electron chi connectivity index (χ2n) is 5.92. The summed E-state index contributed by atoms with van der Waals surface area (Å²) in [5.41, 5.74) is 1.35. The summed E-state index contributed by atoms with van der Waals surface area (Å²) in [5.74, 6) is 0.738. The summed E-state index contributed by atoms with van der Waals surface area (Å²) in [5, 5.41) is 8.07. The summed E-state index contributed by atoms with van der Waals surface area (Å²) < 4.78 is 3.31. The molecule has 2 atom stereocenters. The van der Waals surface area contributed by atoms with Crippen molar-refractivity contribution in [2.75, 3.05) is 27.2 Å². The van der Waals surface area contributed by atoms with E-state index in [4.69, 9.17) is 0 Å². The number of halogens is 1. The Hall–Kier alpha value is -0.390. The topological polar surface area (TPSA) is 33.1 Å². The van der Waals surface area contributed by atoms with Gasteiger partial charge in [0.25, 0.3) is 0 Å². The van der Waals surface area contributed by atoms with Gasteiger partial charge in [-0.3, -0.25) is 4.68 Å². The van der Waals surface area contributed by atoms with Crippen LogP contribution in [-0.4, -0.2) is 47.9 Å². The van der Waals surface area contributed by atoms with E-state index in [1.807, 2.05) is 6.20 Å². The van der Waals surface area contributed by atoms with E-state index in [-0.39, 0.29) is 0 Å². The smallest absolute Gasteiger partial charge is 0.0635 e. The highest BCUT2D eigenvalue weighted by molar-refractivity contribution is 9.10. The molecule has 0 amide bonds. The number of rotatable bonds is 5. The van der Waals surface area contributed by atoms with Crippen LogP contribution in [0.25, 0.3) is 0 Å². The summed E-state index contributed by atoms with van der Waals surface area (Å²) in [4.78, 5) is 2.20. The van der Waals surface area contributed by atoms with Crippen LogP contribution in [0, 0.1) is 5.92 Å². The Morgan fingerprint density at radius 1 is 1.47 bits per heavy atom. The highest BCUT2D eigenvalue weighted by Gasteiger charge is 2.20. The molecule has 1 N–H and O–H groups in total. The van der Waals surface area contributed by atoms with E-state index in [2.05, 4.69) is 56.9 Å². The molecule has 1 fully saturated rings. The third kappa shape index (κ3) is 4.29. The van der Waals surface area contributed by atoms with Crippen molar-refractivity contribution < 1.29 is 0 Å². The predicted molar refractivity (Wildman–Crippen MR) is 82.4 cm³/mol. The number of nitrogens with zero attached hydrogens (tertiary/aromatic N) is 3. The van der Waals surface area contributed by atoms with Crippen LogP contribution in [-0.2, 0) is 13.0 Å². The lowest BCUT2D eigenvalue weighted by atomic mass is 9.91. The summed E-state index contributed by atoms with van der Waals surface area (Å²) in [7, 11) is 4.20. The Bertz CT molecular complexity index is 394. The zero-order valence-electron chi connectivity index (χ0n) is 12.2. The first-order valence-corrected chi connectivity index (χ1v) is 7.94. The molecular weight excluding hydrogens is 304 g/mol. The Morgan fingerprint density at radius 3 is 2.89 bits per heavy atom. The van der Waals surface area contributed by atoms with Gasteiger partial charge in [-0.1, -0.05) is 0 Å². The highest BCUT2D eigenvalue weighted by atomic mass is 79.9. The molecule has 19 heavy (non-hydrogen) atoms. The maximum atomic E-state index is 4.49. The van der Waals surface area contributed by atoms with Crippen molar-refractivity contribution >= 4 is 15.9 Å². The fourth-order valence-corrected chi connectivity index (χ4v) is 3.04. The van der Waals surface area contributed by atoms with Crippen LogP contribution in [0.15, 0.2) is 10.7 Å². The van der Waals surface area contributed by atoms with Crippen LogP contribution in [0.2, 0.25) is 0 Å². The largest absolute Gasteiger partial charge is 0.314 e. The molecule has 2 unspecified atom stereocenters. The molecule has 2 rings (SSSR count). The molecule has 0 saturated carbocycles. The van der Waals surface area contributed by atoms with Gasteiger partial charge >= 0.3 is 0 Å². The van der Waals surface area contributed by atoms with E-state index >= 15 is 0 Å². The van der Waals surface area contributed by atoms with Crippen LogP contribution in [0.1, 0.15) is 25.5 Å². The summed E-state index contributed by atoms with van der Waals surface area (Å²) in [6, 6.07) is 0.679. The third-order valence-electron chi connectivity index (χ3n) is 3.90. The van der Waals surface area contributed by atoms with Crippen molar-refractivity contribution in [3.63, 3.8) is 0 Å². The third-order valence-corrected chi connectivity index (χ3v) is 4.56. The van der Waals surface area contributed by atoms with Crippen molar-refractivity contribution in [1.29, 1.82) is 0 Å². The first kappa shape index (κ1) is 15.0. The van der Waals surface area contributed by atoms with E-state index < -0.39 is 0 Å². The van der Waals surface area contributed by atoms with E-state index in [1.54, 1.807) is 0 Å². The quantitative estimate of drug-likeness (QED) is 0.898. The van der Waals surface area contributed by atoms with Gasteiger partial charge in [0, 0.05) is 12.6 Å². The second-order valence-corrected chi connectivity index (χ2v) is 6.78. The lowest BCUT2D eigenvalue weighted by molar-refractivity contribution is 0.312. The molecule has 0 aliphatic carbocycles. The van der Waals surface area contributed by atoms with Crippen molar-refractivity contribution in [2.45, 2.75) is 38.8 Å². The number of piperidine rings is 1. The predicted octanol–water partition coefficient (Wildman–Crippen LogP) is 2.14. The first-order chi connectivity index (χ1) is 9.06. The fraction of sp³-hybridized carbons (Fsp3) is 0.786. The van der Waals surface area contributed by atoms with Crippen LogP contribution in [0.4, 0.5) is 0 Å². The van der Waals surface area contributed by atoms with Crippen molar-refractivity contribution in [3.8, 4) is 0 Å². The minimum Gasteiger partial charge on any atom is -0.314 e. The molecule has 108 valence electrons. The van der Waals surface area contributed by atoms with Gasteiger partial charge in [0.05, 0.1) is 22.9 Å². The number of hydrogen-bond acceptors (Lipinski definition) is 3. The van der Waals surface area contributed by atoms with Gasteiger partial charge in [0.2, 0.25) is 0 Å². The first-order valence-electron chi connectivity index (χ1n) is 7.14. The molecule has 1 aliphatic heterocycles. The zero-order chi connectivity index (χ0) is 13.8. The molecule has 5 heteroatoms. The molecule has 4 nitrogen and oxygen atoms in total. The minimum atomic E-state index is 0.679. The van der Waals surface area contributed by atoms with Crippen molar-refractivity contribution in [1.82, 2.24) is 20.0 Å². The standard InChI is InChI=1S/C14H25BrN4/c1-11-4-5-12(9-16-11)8-14-13(15)10-17-19(14)7-6-18(2)3/h10-12,16H,4-9H2,1-3H3. The van der Waals surface area contributed by atoms with Gasteiger partial charge in [0.15, 0.2) is 0 Å². The summed E-state index contributed by atoms with van der Waals surface area (Å²) >= 11 is 3.65. The van der Waals surface area contributed by atoms with Crippen LogP contribution in [0.3, 0.4) is 0 Å². The second kappa shape index (κ2) is 6.86. The number of nitrogens with one attached hydrogen (secondary N) is 1. The number of aromatic nitrogens is 2. The normalized spacial score (nSPS) is 24.1. The molecule has 0 aromatic carbocycles. The molecule has 1 aromatic heterocycles. The molecule has 1 aromatic rings. The zero-order valence-corrected chi connectivity index (χ0v) is 13.8. The van der Waals surface area contributed by atoms with Crippen LogP contribution >= 0.6 is 15.9 Å². The highest BCUT2D eigenvalue weighted by Crippen LogP contribution is 2.24. The summed E-state index contributed by atoms with van der Waals surface area (Å²) in [6.07, 6.45) is 5.66. The monoisotopic (exact) mass is 328 g/mol. The minimum absolute atomic E-state index is 0.679. The van der Waals surface area contributed by atoms with E-state index in [0.717, 1.165) is 36.4 Å². The van der Waals surface area contributed by atoms with Gasteiger partial charge < -0.3 is 10.2 Å². The molecular formula is C14H25BrN4. The number of likely N-dealkylation sites (N-methyl/N-ethyl adjacent to an activating group) is 1. The van der Waals surface area contributed by atoms with Gasteiger partial charge in [-0.2, -0.15) is 5.10 Å². The van der Waals surface area contributed by atoms with Gasteiger partial charge in [-0.05, 0) is 68.7 Å². The molecule has 1 aliphatic rings. The molecule has 2 heterocycles. The van der Waals surface area contributed by atoms with E-state index in [9.17, 15) is 0 Å². The van der Waals surface area contributed by atoms with Crippen LogP contribution < -0.4 is 5.32 Å². The maximum Gasteiger partial charge on any atom is 0.0635 e. The Kier molecular flexibility index (Phi) is 5.42. The van der Waals surface area contributed by atoms with Crippen LogP contribution in [0.5, 0.6) is 0 Å². The lowest BCUT2D eigenvalue weighted by Crippen LogP contribution is -2.38. The number of hydrogen-bond donors (Lipinski definition) is 1. The summed E-state index contributed by atoms with van der Waals surface area (Å²) in [6.45, 7) is 5.39. The molecule has 0 bridgehead atoms. The van der Waals surface area contributed by atoms with E-state index in [1.165, 1.54) is 18.5 Å². The average Bonchev–Trinajstić information content (AvgIpc) is 2.71. The van der Waals surface area contributed by atoms with Crippen molar-refractivity contribution in [3.05, 3.63) is 16.4 Å². The van der Waals surface area contributed by atoms with Crippen molar-refractivity contribution in [2.24, 2.45) is 5.92 Å². The Morgan fingerprint density at radius 2 is 2.26 bits per heavy atom. The molecule has 0 radical (unpaired) electrons. The lowest BCUT2D eigenvalue weighted by Gasteiger charge is -2.28. The average molecular weight is 329 g/mol. The Labute approximate surface area is 124 Å². The van der Waals surface area contributed by atoms with Gasteiger partial charge in [-0.15, -0.1) is 0 Å².